The Morgan fingerprint density at radius 2 is 1.63 bits per heavy atom. The van der Waals surface area contributed by atoms with E-state index < -0.39 is 35.0 Å². The van der Waals surface area contributed by atoms with Crippen molar-refractivity contribution in [2.24, 2.45) is 5.10 Å². The summed E-state index contributed by atoms with van der Waals surface area (Å²) < 4.78 is 67.5. The number of aromatic nitrogens is 3. The second kappa shape index (κ2) is 7.31. The van der Waals surface area contributed by atoms with Crippen molar-refractivity contribution < 1.29 is 22.0 Å². The Hall–Kier alpha value is -3.01. The molecular weight excluding hydrogens is 393 g/mol. The fourth-order valence-electron chi connectivity index (χ4n) is 2.16. The molecule has 2 heterocycles. The topological polar surface area (TPSA) is 55.1 Å². The van der Waals surface area contributed by atoms with Gasteiger partial charge in [0.1, 0.15) is 16.7 Å². The number of rotatable bonds is 4. The predicted octanol–water partition coefficient (Wildman–Crippen LogP) is 4.37. The highest BCUT2D eigenvalue weighted by Crippen LogP contribution is 2.24. The van der Waals surface area contributed by atoms with Gasteiger partial charge in [0.25, 0.3) is 11.9 Å². The van der Waals surface area contributed by atoms with Crippen molar-refractivity contribution in [3.8, 4) is 5.69 Å². The van der Waals surface area contributed by atoms with Crippen LogP contribution in [0.1, 0.15) is 11.3 Å². The summed E-state index contributed by atoms with van der Waals surface area (Å²) in [5, 5.41) is 7.79. The molecule has 11 heteroatoms. The van der Waals surface area contributed by atoms with Crippen molar-refractivity contribution in [2.45, 2.75) is 6.92 Å². The monoisotopic (exact) mass is 401 g/mol. The summed E-state index contributed by atoms with van der Waals surface area (Å²) >= 11 is 6.21. The van der Waals surface area contributed by atoms with Crippen molar-refractivity contribution >= 4 is 23.5 Å². The lowest BCUT2D eigenvalue weighted by Gasteiger charge is -2.05. The zero-order valence-electron chi connectivity index (χ0n) is 13.4. The molecule has 0 aliphatic rings. The summed E-state index contributed by atoms with van der Waals surface area (Å²) in [7, 11) is 0. The van der Waals surface area contributed by atoms with Crippen LogP contribution in [0.2, 0.25) is 5.15 Å². The van der Waals surface area contributed by atoms with Gasteiger partial charge in [-0.05, 0) is 31.2 Å². The van der Waals surface area contributed by atoms with Crippen LogP contribution < -0.4 is 5.43 Å². The number of nitrogens with zero attached hydrogens (tertiary/aromatic N) is 4. The highest BCUT2D eigenvalue weighted by Gasteiger charge is 2.20. The lowest BCUT2D eigenvalue weighted by molar-refractivity contribution is 0.411. The van der Waals surface area contributed by atoms with E-state index in [1.54, 1.807) is 6.92 Å². The second-order valence-electron chi connectivity index (χ2n) is 5.24. The minimum Gasteiger partial charge on any atom is -0.272 e. The number of hydrazone groups is 1. The molecule has 27 heavy (non-hydrogen) atoms. The van der Waals surface area contributed by atoms with Crippen LogP contribution in [0.4, 0.5) is 27.6 Å². The van der Waals surface area contributed by atoms with Crippen LogP contribution >= 0.6 is 11.6 Å². The number of hydrogen-bond donors (Lipinski definition) is 1. The SMILES string of the molecule is Cc1nn(-c2ccc(F)cc2)c(Cl)c1/C=N/Nc1c(F)c(F)nc(F)c1F. The summed E-state index contributed by atoms with van der Waals surface area (Å²) in [5.41, 5.74) is 1.86. The first-order valence-corrected chi connectivity index (χ1v) is 7.67. The molecule has 0 atom stereocenters. The maximum Gasteiger partial charge on any atom is 0.254 e. The molecular formula is C16H9ClF5N5. The third-order valence-corrected chi connectivity index (χ3v) is 3.85. The van der Waals surface area contributed by atoms with Crippen molar-refractivity contribution in [1.82, 2.24) is 14.8 Å². The van der Waals surface area contributed by atoms with Gasteiger partial charge in [-0.25, -0.2) is 9.07 Å². The van der Waals surface area contributed by atoms with Gasteiger partial charge in [-0.15, -0.1) is 0 Å². The number of aryl methyl sites for hydroxylation is 1. The van der Waals surface area contributed by atoms with Crippen molar-refractivity contribution in [1.29, 1.82) is 0 Å². The van der Waals surface area contributed by atoms with Gasteiger partial charge in [-0.2, -0.15) is 32.7 Å². The maximum atomic E-state index is 13.5. The van der Waals surface area contributed by atoms with Crippen LogP contribution in [-0.2, 0) is 0 Å². The van der Waals surface area contributed by atoms with Crippen molar-refractivity contribution in [3.05, 3.63) is 70.0 Å². The van der Waals surface area contributed by atoms with E-state index >= 15 is 0 Å². The number of pyridine rings is 1. The normalized spacial score (nSPS) is 11.4. The van der Waals surface area contributed by atoms with E-state index in [4.69, 9.17) is 11.6 Å². The Morgan fingerprint density at radius 1 is 1.04 bits per heavy atom. The third kappa shape index (κ3) is 3.61. The largest absolute Gasteiger partial charge is 0.272 e. The fourth-order valence-corrected chi connectivity index (χ4v) is 2.48. The molecule has 0 amide bonds. The quantitative estimate of drug-likeness (QED) is 0.306. The molecule has 2 aromatic heterocycles. The molecule has 3 rings (SSSR count). The van der Waals surface area contributed by atoms with Gasteiger partial charge >= 0.3 is 0 Å². The van der Waals surface area contributed by atoms with Gasteiger partial charge in [0.15, 0.2) is 0 Å². The molecule has 5 nitrogen and oxygen atoms in total. The van der Waals surface area contributed by atoms with E-state index in [1.807, 2.05) is 5.43 Å². The third-order valence-electron chi connectivity index (χ3n) is 3.49. The van der Waals surface area contributed by atoms with E-state index in [0.717, 1.165) is 6.21 Å². The van der Waals surface area contributed by atoms with Crippen LogP contribution in [0.15, 0.2) is 29.4 Å². The first-order chi connectivity index (χ1) is 12.8. The zero-order chi connectivity index (χ0) is 19.7. The summed E-state index contributed by atoms with van der Waals surface area (Å²) in [4.78, 5) is 2.43. The Bertz CT molecular complexity index is 1010. The molecule has 0 radical (unpaired) electrons. The molecule has 0 fully saturated rings. The number of halogens is 6. The average Bonchev–Trinajstić information content (AvgIpc) is 2.91. The number of hydrogen-bond acceptors (Lipinski definition) is 4. The van der Waals surface area contributed by atoms with E-state index in [9.17, 15) is 22.0 Å². The first kappa shape index (κ1) is 18.8. The molecule has 0 unspecified atom stereocenters. The van der Waals surface area contributed by atoms with Gasteiger partial charge in [0.05, 0.1) is 23.2 Å². The second-order valence-corrected chi connectivity index (χ2v) is 5.60. The van der Waals surface area contributed by atoms with Gasteiger partial charge in [0.2, 0.25) is 11.6 Å². The number of benzene rings is 1. The van der Waals surface area contributed by atoms with E-state index in [0.29, 0.717) is 11.4 Å². The lowest BCUT2D eigenvalue weighted by atomic mass is 10.3. The number of nitrogens with one attached hydrogen (secondary N) is 1. The molecule has 0 bridgehead atoms. The van der Waals surface area contributed by atoms with Gasteiger partial charge < -0.3 is 0 Å². The zero-order valence-corrected chi connectivity index (χ0v) is 14.2. The molecule has 0 aliphatic heterocycles. The molecule has 1 aromatic carbocycles. The van der Waals surface area contributed by atoms with E-state index in [-0.39, 0.29) is 10.7 Å². The Morgan fingerprint density at radius 3 is 2.22 bits per heavy atom. The molecule has 1 N–H and O–H groups in total. The lowest BCUT2D eigenvalue weighted by Crippen LogP contribution is -2.06. The summed E-state index contributed by atoms with van der Waals surface area (Å²) in [6.45, 7) is 1.58. The average molecular weight is 402 g/mol. The van der Waals surface area contributed by atoms with Crippen molar-refractivity contribution in [3.63, 3.8) is 0 Å². The van der Waals surface area contributed by atoms with Crippen LogP contribution in [0.5, 0.6) is 0 Å². The predicted molar refractivity (Wildman–Crippen MR) is 88.6 cm³/mol. The van der Waals surface area contributed by atoms with Crippen LogP contribution in [0.3, 0.4) is 0 Å². The smallest absolute Gasteiger partial charge is 0.254 e. The summed E-state index contributed by atoms with van der Waals surface area (Å²) in [6, 6.07) is 5.33. The fraction of sp³-hybridized carbons (Fsp3) is 0.0625. The molecule has 0 aliphatic carbocycles. The first-order valence-electron chi connectivity index (χ1n) is 7.29. The molecule has 3 aromatic rings. The molecule has 0 spiro atoms. The highest BCUT2D eigenvalue weighted by atomic mass is 35.5. The van der Waals surface area contributed by atoms with E-state index in [1.165, 1.54) is 28.9 Å². The molecule has 140 valence electrons. The molecule has 0 saturated heterocycles. The van der Waals surface area contributed by atoms with Crippen LogP contribution in [0, 0.1) is 36.3 Å². The molecule has 0 saturated carbocycles. The van der Waals surface area contributed by atoms with Gasteiger partial charge in [-0.1, -0.05) is 11.6 Å². The summed E-state index contributed by atoms with van der Waals surface area (Å²) in [5.74, 6) is -7.52. The minimum atomic E-state index is -1.81. The van der Waals surface area contributed by atoms with Gasteiger partial charge in [-0.3, -0.25) is 5.43 Å². The highest BCUT2D eigenvalue weighted by molar-refractivity contribution is 6.32. The van der Waals surface area contributed by atoms with Gasteiger partial charge in [0, 0.05) is 0 Å². The maximum absolute atomic E-state index is 13.5. The Kier molecular flexibility index (Phi) is 5.08. The number of anilines is 1. The van der Waals surface area contributed by atoms with Crippen LogP contribution in [0.25, 0.3) is 5.69 Å². The summed E-state index contributed by atoms with van der Waals surface area (Å²) in [6.07, 6.45) is 1.07. The Balaban J connectivity index is 1.90. The standard InChI is InChI=1S/C16H9ClF5N5/c1-7-10(14(17)27(26-7)9-4-2-8(18)3-5-9)6-23-25-13-11(19)15(21)24-16(22)12(13)20/h2-6H,1H3,(H,24,25)/b23-6+. The van der Waals surface area contributed by atoms with Crippen molar-refractivity contribution in [2.75, 3.05) is 5.43 Å². The van der Waals surface area contributed by atoms with E-state index in [2.05, 4.69) is 15.2 Å². The minimum absolute atomic E-state index is 0.0812. The van der Waals surface area contributed by atoms with Crippen LogP contribution in [-0.4, -0.2) is 21.0 Å². The Labute approximate surface area is 154 Å².